The van der Waals surface area contributed by atoms with Crippen molar-refractivity contribution in [2.45, 2.75) is 172 Å². The number of benzene rings is 2. The highest BCUT2D eigenvalue weighted by Gasteiger charge is 2.58. The van der Waals surface area contributed by atoms with E-state index in [1.807, 2.05) is 48.5 Å². The van der Waals surface area contributed by atoms with Crippen LogP contribution in [0.2, 0.25) is 0 Å². The lowest BCUT2D eigenvalue weighted by Gasteiger charge is -2.37. The molecule has 15 heteroatoms. The van der Waals surface area contributed by atoms with E-state index in [0.717, 1.165) is 101 Å². The smallest absolute Gasteiger partial charge is 0.303 e. The number of fused-ring (bicyclic) bond motifs is 2. The van der Waals surface area contributed by atoms with E-state index in [-0.39, 0.29) is 94.5 Å². The lowest BCUT2D eigenvalue weighted by atomic mass is 9.73. The summed E-state index contributed by atoms with van der Waals surface area (Å²) in [7, 11) is 0. The number of Topliss-reactive ketones (excluding diaryl/α,β-unsaturated/α-hetero) is 1. The minimum Gasteiger partial charge on any atom is -0.461 e. The maximum atomic E-state index is 15.5. The summed E-state index contributed by atoms with van der Waals surface area (Å²) in [6.45, 7) is 10.8. The standard InChI is InChI=1S/C63H79N5O10/c1-62(2,42-19-23-46(24-20-42)67(59(73)55(69)52-18-12-31-74-52)51(56(70)65-44-14-7-5-8-15-44)34-40-36-76-60-48(40)27-32-75-60)28-29-63(3,4)43-21-25-47(26-22-43)68(58(72)53-41-33-49-50(53)38-78-61(49)77-37-41)54(39-13-11-30-64-35-39)57(71)66-45-16-9-6-10-17-45/h11-13,18-26,30-31,35,40-41,44-45,48-51,53-54,60-61H,5-10,14-17,27-29,32-34,36-38H2,1-4H3,(H,65,70)(H,66,71)/t40?,41?,48?,49?,50-,51?,53+,54?,60?,61+/m1/s1. The largest absolute Gasteiger partial charge is 0.461 e. The molecule has 4 saturated heterocycles. The Bertz CT molecular complexity index is 2740. The molecule has 7 aliphatic rings. The van der Waals surface area contributed by atoms with Gasteiger partial charge < -0.3 is 34.0 Å². The molecule has 11 rings (SSSR count). The number of aromatic nitrogens is 1. The Morgan fingerprint density at radius 2 is 1.24 bits per heavy atom. The van der Waals surface area contributed by atoms with Gasteiger partial charge in [-0.15, -0.1) is 0 Å². The first kappa shape index (κ1) is 54.2. The van der Waals surface area contributed by atoms with Crippen LogP contribution in [0.25, 0.3) is 0 Å². The van der Waals surface area contributed by atoms with Crippen LogP contribution in [0.4, 0.5) is 11.4 Å². The molecule has 2 aromatic heterocycles. The highest BCUT2D eigenvalue weighted by atomic mass is 16.7. The maximum absolute atomic E-state index is 15.5. The Morgan fingerprint density at radius 1 is 0.641 bits per heavy atom. The average Bonchev–Trinajstić information content (AvgIpc) is 4.45. The third-order valence-corrected chi connectivity index (χ3v) is 19.0. The van der Waals surface area contributed by atoms with Crippen LogP contribution in [-0.2, 0) is 49.0 Å². The third-order valence-electron chi connectivity index (χ3n) is 19.0. The summed E-state index contributed by atoms with van der Waals surface area (Å²) in [5, 5.41) is 6.66. The summed E-state index contributed by atoms with van der Waals surface area (Å²) in [5.74, 6) is -2.35. The second-order valence-electron chi connectivity index (χ2n) is 24.8. The highest BCUT2D eigenvalue weighted by Crippen LogP contribution is 2.53. The van der Waals surface area contributed by atoms with Gasteiger partial charge in [0.25, 0.3) is 5.78 Å². The predicted molar refractivity (Wildman–Crippen MR) is 293 cm³/mol. The minimum absolute atomic E-state index is 0.00465. The molecule has 0 spiro atoms. The molecule has 4 aliphatic heterocycles. The normalized spacial score (nSPS) is 26.9. The van der Waals surface area contributed by atoms with Gasteiger partial charge in [0, 0.05) is 65.1 Å². The predicted octanol–water partition coefficient (Wildman–Crippen LogP) is 9.92. The number of ether oxygens (including phenoxy) is 4. The van der Waals surface area contributed by atoms with Gasteiger partial charge in [-0.3, -0.25) is 38.8 Å². The zero-order valence-electron chi connectivity index (χ0n) is 45.9. The summed E-state index contributed by atoms with van der Waals surface area (Å²) in [5.41, 5.74) is 3.29. The van der Waals surface area contributed by atoms with Crippen molar-refractivity contribution in [1.29, 1.82) is 0 Å². The molecule has 2 bridgehead atoms. The van der Waals surface area contributed by atoms with Crippen molar-refractivity contribution in [3.8, 4) is 0 Å². The molecule has 7 fully saturated rings. The first-order valence-corrected chi connectivity index (χ1v) is 29.2. The number of carbonyl (C=O) groups excluding carboxylic acids is 5. The van der Waals surface area contributed by atoms with Gasteiger partial charge in [0.2, 0.25) is 17.7 Å². The van der Waals surface area contributed by atoms with Crippen molar-refractivity contribution in [3.63, 3.8) is 0 Å². The monoisotopic (exact) mass is 1070 g/mol. The van der Waals surface area contributed by atoms with Gasteiger partial charge in [0.05, 0.1) is 32.7 Å². The van der Waals surface area contributed by atoms with Gasteiger partial charge in [0.1, 0.15) is 12.1 Å². The Kier molecular flexibility index (Phi) is 16.1. The van der Waals surface area contributed by atoms with Crippen molar-refractivity contribution in [2.24, 2.45) is 35.5 Å². The summed E-state index contributed by atoms with van der Waals surface area (Å²) in [6, 6.07) is 20.9. The van der Waals surface area contributed by atoms with Crippen molar-refractivity contribution < 1.29 is 47.3 Å². The summed E-state index contributed by atoms with van der Waals surface area (Å²) < 4.78 is 29.6. The fraction of sp³-hybridized carbons (Fsp3) is 0.587. The molecular weight excluding hydrogens is 987 g/mol. The fourth-order valence-electron chi connectivity index (χ4n) is 14.2. The van der Waals surface area contributed by atoms with Crippen LogP contribution in [0, 0.1) is 35.5 Å². The molecule has 7 unspecified atom stereocenters. The van der Waals surface area contributed by atoms with Gasteiger partial charge in [-0.25, -0.2) is 0 Å². The maximum Gasteiger partial charge on any atom is 0.303 e. The molecule has 2 N–H and O–H groups in total. The van der Waals surface area contributed by atoms with Crippen molar-refractivity contribution >= 4 is 40.8 Å². The number of carbonyl (C=O) groups is 5. The van der Waals surface area contributed by atoms with Crippen molar-refractivity contribution in [1.82, 2.24) is 15.6 Å². The number of pyridine rings is 1. The fourth-order valence-corrected chi connectivity index (χ4v) is 14.2. The Morgan fingerprint density at radius 3 is 1.86 bits per heavy atom. The molecule has 4 aromatic rings. The van der Waals surface area contributed by atoms with Crippen LogP contribution >= 0.6 is 0 Å². The molecule has 3 aliphatic carbocycles. The topological polar surface area (TPSA) is 179 Å². The first-order valence-electron chi connectivity index (χ1n) is 29.2. The molecule has 10 atom stereocenters. The van der Waals surface area contributed by atoms with E-state index >= 15 is 4.79 Å². The second kappa shape index (κ2) is 23.2. The average molecular weight is 1070 g/mol. The molecule has 78 heavy (non-hydrogen) atoms. The number of hydrogen-bond donors (Lipinski definition) is 2. The highest BCUT2D eigenvalue weighted by molar-refractivity contribution is 6.47. The van der Waals surface area contributed by atoms with Crippen molar-refractivity contribution in [3.05, 3.63) is 114 Å². The zero-order valence-corrected chi connectivity index (χ0v) is 45.9. The summed E-state index contributed by atoms with van der Waals surface area (Å²) in [6.07, 6.45) is 17.8. The van der Waals surface area contributed by atoms with E-state index in [1.54, 1.807) is 23.4 Å². The van der Waals surface area contributed by atoms with Crippen LogP contribution < -0.4 is 20.4 Å². The first-order chi connectivity index (χ1) is 37.7. The lowest BCUT2D eigenvalue weighted by Crippen LogP contribution is -2.55. The van der Waals surface area contributed by atoms with Gasteiger partial charge in [-0.1, -0.05) is 96.6 Å². The van der Waals surface area contributed by atoms with E-state index in [4.69, 9.17) is 23.4 Å². The van der Waals surface area contributed by atoms with E-state index in [1.165, 1.54) is 17.2 Å². The molecule has 2 aromatic carbocycles. The van der Waals surface area contributed by atoms with Gasteiger partial charge >= 0.3 is 5.91 Å². The Hall–Kier alpha value is -5.74. The van der Waals surface area contributed by atoms with E-state index in [9.17, 15) is 19.2 Å². The number of ketones is 1. The van der Waals surface area contributed by atoms with Crippen LogP contribution in [0.15, 0.2) is 95.9 Å². The van der Waals surface area contributed by atoms with Crippen LogP contribution in [-0.4, -0.2) is 91.5 Å². The molecule has 0 radical (unpaired) electrons. The Labute approximate surface area is 459 Å². The quantitative estimate of drug-likeness (QED) is 0.0675. The van der Waals surface area contributed by atoms with Crippen molar-refractivity contribution in [2.75, 3.05) is 36.2 Å². The Balaban J connectivity index is 0.844. The molecule has 416 valence electrons. The molecular formula is C63H79N5O10. The van der Waals surface area contributed by atoms with E-state index in [0.29, 0.717) is 49.8 Å². The zero-order chi connectivity index (χ0) is 54.1. The minimum atomic E-state index is -0.982. The second-order valence-corrected chi connectivity index (χ2v) is 24.8. The number of nitrogens with zero attached hydrogens (tertiary/aromatic N) is 3. The number of anilines is 2. The number of furan rings is 1. The van der Waals surface area contributed by atoms with Crippen LogP contribution in [0.1, 0.15) is 157 Å². The summed E-state index contributed by atoms with van der Waals surface area (Å²) >= 11 is 0. The summed E-state index contributed by atoms with van der Waals surface area (Å²) in [4.78, 5) is 81.2. The SMILES string of the molecule is CC(C)(CCC(C)(C)c1ccc(N(C(=O)[C@H]2C3CO[C@H]4OC[C@@H]2C4C3)C(C(=O)NC2CCCCC2)c2cccnc2)cc1)c1ccc(N(C(=O)C(=O)c2ccco2)C(CC2COC3OCCC23)C(=O)NC2CCCCC2)cc1. The molecule has 3 saturated carbocycles. The van der Waals surface area contributed by atoms with Crippen LogP contribution in [0.5, 0.6) is 0 Å². The van der Waals surface area contributed by atoms with E-state index in [2.05, 4.69) is 55.4 Å². The molecule has 15 nitrogen and oxygen atoms in total. The molecule has 4 amide bonds. The van der Waals surface area contributed by atoms with Crippen LogP contribution in [0.3, 0.4) is 0 Å². The van der Waals surface area contributed by atoms with E-state index < -0.39 is 23.8 Å². The van der Waals surface area contributed by atoms with Gasteiger partial charge in [-0.2, -0.15) is 0 Å². The lowest BCUT2D eigenvalue weighted by molar-refractivity contribution is -0.167. The number of hydrogen-bond acceptors (Lipinski definition) is 11. The molecule has 6 heterocycles. The number of rotatable bonds is 19. The third kappa shape index (κ3) is 11.2. The van der Waals surface area contributed by atoms with Gasteiger partial charge in [-0.05, 0) is 134 Å². The van der Waals surface area contributed by atoms with Gasteiger partial charge in [0.15, 0.2) is 18.3 Å². The number of nitrogens with one attached hydrogen (secondary N) is 2. The number of amides is 4.